The van der Waals surface area contributed by atoms with Gasteiger partial charge in [0.2, 0.25) is 0 Å². The smallest absolute Gasteiger partial charge is 0.262 e. The summed E-state index contributed by atoms with van der Waals surface area (Å²) in [6, 6.07) is 14.6. The highest BCUT2D eigenvalue weighted by molar-refractivity contribution is 7.93. The molecule has 7 heteroatoms. The Bertz CT molecular complexity index is 920. The van der Waals surface area contributed by atoms with Crippen LogP contribution in [0, 0.1) is 6.92 Å². The highest BCUT2D eigenvalue weighted by Crippen LogP contribution is 2.30. The van der Waals surface area contributed by atoms with Gasteiger partial charge in [0.05, 0.1) is 28.1 Å². The molecule has 0 spiro atoms. The van der Waals surface area contributed by atoms with Crippen LogP contribution in [0.2, 0.25) is 0 Å². The van der Waals surface area contributed by atoms with E-state index >= 15 is 0 Å². The van der Waals surface area contributed by atoms with Gasteiger partial charge in [-0.3, -0.25) is 4.31 Å². The number of sulfonamides is 1. The number of anilines is 1. The second-order valence-electron chi connectivity index (χ2n) is 6.01. The number of rotatable bonds is 4. The molecular formula is C17H19NO4S2. The lowest BCUT2D eigenvalue weighted by Crippen LogP contribution is -2.41. The minimum Gasteiger partial charge on any atom is -0.262 e. The molecule has 0 bridgehead atoms. The maximum Gasteiger partial charge on any atom is 0.264 e. The molecule has 1 saturated heterocycles. The maximum absolute atomic E-state index is 13.1. The Labute approximate surface area is 142 Å². The summed E-state index contributed by atoms with van der Waals surface area (Å²) < 4.78 is 51.3. The van der Waals surface area contributed by atoms with Crippen molar-refractivity contribution in [1.29, 1.82) is 0 Å². The van der Waals surface area contributed by atoms with Gasteiger partial charge in [0.1, 0.15) is 0 Å². The molecule has 0 saturated carbocycles. The van der Waals surface area contributed by atoms with Crippen LogP contribution in [-0.4, -0.2) is 34.4 Å². The zero-order valence-electron chi connectivity index (χ0n) is 13.3. The predicted octanol–water partition coefficient (Wildman–Crippen LogP) is 2.38. The molecule has 0 aromatic heterocycles. The first kappa shape index (κ1) is 17.0. The Hall–Kier alpha value is -1.86. The fraction of sp³-hybridized carbons (Fsp3) is 0.294. The van der Waals surface area contributed by atoms with Gasteiger partial charge < -0.3 is 0 Å². The quantitative estimate of drug-likeness (QED) is 0.834. The summed E-state index contributed by atoms with van der Waals surface area (Å²) in [7, 11) is -7.04. The van der Waals surface area contributed by atoms with Gasteiger partial charge in [-0.05, 0) is 37.6 Å². The lowest BCUT2D eigenvalue weighted by Gasteiger charge is -2.29. The fourth-order valence-electron chi connectivity index (χ4n) is 2.90. The van der Waals surface area contributed by atoms with E-state index in [2.05, 4.69) is 0 Å². The normalized spacial score (nSPS) is 20.0. The van der Waals surface area contributed by atoms with Crippen LogP contribution in [0.5, 0.6) is 0 Å². The second-order valence-corrected chi connectivity index (χ2v) is 10.0. The molecule has 1 unspecified atom stereocenters. The summed E-state index contributed by atoms with van der Waals surface area (Å²) in [4.78, 5) is 0.162. The van der Waals surface area contributed by atoms with Gasteiger partial charge in [-0.25, -0.2) is 16.8 Å². The minimum atomic E-state index is -3.83. The van der Waals surface area contributed by atoms with Crippen LogP contribution < -0.4 is 4.31 Å². The Kier molecular flexibility index (Phi) is 4.40. The first-order chi connectivity index (χ1) is 11.3. The zero-order chi connectivity index (χ0) is 17.4. The molecule has 1 heterocycles. The monoisotopic (exact) mass is 365 g/mol. The van der Waals surface area contributed by atoms with Crippen molar-refractivity contribution in [2.45, 2.75) is 24.3 Å². The summed E-state index contributed by atoms with van der Waals surface area (Å²) in [6.45, 7) is 1.92. The number of hydrogen-bond acceptors (Lipinski definition) is 4. The molecule has 2 aromatic rings. The number of benzene rings is 2. The SMILES string of the molecule is Cc1ccc(N(C2CCS(=O)(=O)C2)S(=O)(=O)c2ccccc2)cc1. The van der Waals surface area contributed by atoms with E-state index < -0.39 is 25.9 Å². The first-order valence-electron chi connectivity index (χ1n) is 7.66. The fourth-order valence-corrected chi connectivity index (χ4v) is 6.40. The highest BCUT2D eigenvalue weighted by atomic mass is 32.2. The van der Waals surface area contributed by atoms with Gasteiger partial charge in [-0.15, -0.1) is 0 Å². The molecule has 1 aliphatic heterocycles. The first-order valence-corrected chi connectivity index (χ1v) is 10.9. The molecule has 1 fully saturated rings. The van der Waals surface area contributed by atoms with E-state index in [1.807, 2.05) is 19.1 Å². The summed E-state index contributed by atoms with van der Waals surface area (Å²) >= 11 is 0. The standard InChI is InChI=1S/C17H19NO4S2/c1-14-7-9-15(10-8-14)18(16-11-12-23(19,20)13-16)24(21,22)17-5-3-2-4-6-17/h2-10,16H,11-13H2,1H3. The molecule has 0 radical (unpaired) electrons. The van der Waals surface area contributed by atoms with E-state index in [1.54, 1.807) is 30.3 Å². The molecule has 1 aliphatic rings. The van der Waals surface area contributed by atoms with Crippen LogP contribution in [0.3, 0.4) is 0 Å². The molecule has 0 N–H and O–H groups in total. The third-order valence-corrected chi connectivity index (χ3v) is 7.77. The summed E-state index contributed by atoms with van der Waals surface area (Å²) in [5.74, 6) is -0.128. The maximum atomic E-state index is 13.1. The second kappa shape index (κ2) is 6.22. The van der Waals surface area contributed by atoms with Gasteiger partial charge in [-0.1, -0.05) is 35.9 Å². The average Bonchev–Trinajstić information content (AvgIpc) is 2.90. The van der Waals surface area contributed by atoms with Gasteiger partial charge in [0.25, 0.3) is 10.0 Å². The topological polar surface area (TPSA) is 71.5 Å². The van der Waals surface area contributed by atoms with Crippen LogP contribution >= 0.6 is 0 Å². The largest absolute Gasteiger partial charge is 0.264 e. The molecular weight excluding hydrogens is 346 g/mol. The van der Waals surface area contributed by atoms with Gasteiger partial charge in [0, 0.05) is 0 Å². The Morgan fingerprint density at radius 1 is 1.00 bits per heavy atom. The zero-order valence-corrected chi connectivity index (χ0v) is 14.9. The van der Waals surface area contributed by atoms with Gasteiger partial charge in [0.15, 0.2) is 9.84 Å². The van der Waals surface area contributed by atoms with E-state index in [0.717, 1.165) is 5.56 Å². The van der Waals surface area contributed by atoms with Crippen LogP contribution in [0.4, 0.5) is 5.69 Å². The summed E-state index contributed by atoms with van der Waals surface area (Å²) in [5.41, 5.74) is 1.50. The summed E-state index contributed by atoms with van der Waals surface area (Å²) in [6.07, 6.45) is 0.308. The molecule has 24 heavy (non-hydrogen) atoms. The number of hydrogen-bond donors (Lipinski definition) is 0. The molecule has 0 aliphatic carbocycles. The van der Waals surface area contributed by atoms with Crippen molar-refractivity contribution in [3.63, 3.8) is 0 Å². The molecule has 0 amide bonds. The third kappa shape index (κ3) is 3.32. The van der Waals surface area contributed by atoms with Crippen molar-refractivity contribution in [3.05, 3.63) is 60.2 Å². The van der Waals surface area contributed by atoms with Crippen LogP contribution in [0.1, 0.15) is 12.0 Å². The molecule has 128 valence electrons. The third-order valence-electron chi connectivity index (χ3n) is 4.13. The Balaban J connectivity index is 2.10. The van der Waals surface area contributed by atoms with Crippen molar-refractivity contribution >= 4 is 25.5 Å². The lowest BCUT2D eigenvalue weighted by molar-refractivity contribution is 0.580. The van der Waals surface area contributed by atoms with E-state index in [0.29, 0.717) is 12.1 Å². The summed E-state index contributed by atoms with van der Waals surface area (Å²) in [5, 5.41) is 0. The molecule has 5 nitrogen and oxygen atoms in total. The number of sulfone groups is 1. The van der Waals surface area contributed by atoms with Crippen molar-refractivity contribution in [2.75, 3.05) is 15.8 Å². The van der Waals surface area contributed by atoms with E-state index in [4.69, 9.17) is 0 Å². The number of nitrogens with zero attached hydrogens (tertiary/aromatic N) is 1. The molecule has 3 rings (SSSR count). The van der Waals surface area contributed by atoms with Crippen molar-refractivity contribution < 1.29 is 16.8 Å². The van der Waals surface area contributed by atoms with Crippen LogP contribution in [0.15, 0.2) is 59.5 Å². The van der Waals surface area contributed by atoms with E-state index in [-0.39, 0.29) is 16.4 Å². The van der Waals surface area contributed by atoms with Crippen molar-refractivity contribution in [1.82, 2.24) is 0 Å². The van der Waals surface area contributed by atoms with E-state index in [1.165, 1.54) is 16.4 Å². The van der Waals surface area contributed by atoms with Crippen molar-refractivity contribution in [2.24, 2.45) is 0 Å². The lowest BCUT2D eigenvalue weighted by atomic mass is 10.2. The highest BCUT2D eigenvalue weighted by Gasteiger charge is 2.38. The Morgan fingerprint density at radius 3 is 2.17 bits per heavy atom. The number of aryl methyl sites for hydroxylation is 1. The van der Waals surface area contributed by atoms with Crippen LogP contribution in [-0.2, 0) is 19.9 Å². The van der Waals surface area contributed by atoms with Gasteiger partial charge >= 0.3 is 0 Å². The predicted molar refractivity (Wildman–Crippen MR) is 94.3 cm³/mol. The Morgan fingerprint density at radius 2 is 1.62 bits per heavy atom. The van der Waals surface area contributed by atoms with Gasteiger partial charge in [-0.2, -0.15) is 0 Å². The average molecular weight is 365 g/mol. The minimum absolute atomic E-state index is 0.0182. The van der Waals surface area contributed by atoms with Crippen LogP contribution in [0.25, 0.3) is 0 Å². The van der Waals surface area contributed by atoms with Crippen molar-refractivity contribution in [3.8, 4) is 0 Å². The molecule has 2 aromatic carbocycles. The molecule has 1 atom stereocenters. The van der Waals surface area contributed by atoms with E-state index in [9.17, 15) is 16.8 Å².